The number of ether oxygens (including phenoxy) is 8. The van der Waals surface area contributed by atoms with E-state index in [2.05, 4.69) is 38.2 Å². The number of ketones is 1. The third-order valence-electron chi connectivity index (χ3n) is 13.5. The van der Waals surface area contributed by atoms with Crippen LogP contribution in [0.1, 0.15) is 99.3 Å². The lowest BCUT2D eigenvalue weighted by atomic mass is 9.67. The molecule has 11 nitrogen and oxygen atoms in total. The quantitative estimate of drug-likeness (QED) is 0.212. The summed E-state index contributed by atoms with van der Waals surface area (Å²) >= 11 is 0. The van der Waals surface area contributed by atoms with E-state index < -0.39 is 12.4 Å². The van der Waals surface area contributed by atoms with Gasteiger partial charge in [-0.25, -0.2) is 0 Å². The molecule has 6 rings (SSSR count). The average molecular weight is 746 g/mol. The van der Waals surface area contributed by atoms with Crippen molar-refractivity contribution in [1.82, 2.24) is 5.32 Å². The van der Waals surface area contributed by atoms with Crippen LogP contribution < -0.4 is 5.32 Å². The first-order chi connectivity index (χ1) is 25.5. The third kappa shape index (κ3) is 8.68. The number of fused-ring (bicyclic) bond motifs is 5. The Kier molecular flexibility index (Phi) is 13.9. The van der Waals surface area contributed by atoms with Crippen LogP contribution in [-0.2, 0) is 47.5 Å². The van der Waals surface area contributed by atoms with Crippen LogP contribution in [0.2, 0.25) is 0 Å². The first kappa shape index (κ1) is 40.9. The van der Waals surface area contributed by atoms with E-state index in [1.54, 1.807) is 14.2 Å². The van der Waals surface area contributed by atoms with Crippen LogP contribution in [0.3, 0.4) is 0 Å². The number of cyclic esters (lactones) is 1. The van der Waals surface area contributed by atoms with E-state index in [9.17, 15) is 9.59 Å². The fraction of sp³-hybridized carbons (Fsp3) is 0.857. The maximum atomic E-state index is 14.7. The molecule has 0 radical (unpaired) electrons. The van der Waals surface area contributed by atoms with Gasteiger partial charge >= 0.3 is 5.97 Å². The Labute approximate surface area is 317 Å². The van der Waals surface area contributed by atoms with Crippen molar-refractivity contribution in [2.24, 2.45) is 35.5 Å². The van der Waals surface area contributed by atoms with Crippen LogP contribution >= 0.6 is 0 Å². The van der Waals surface area contributed by atoms with Crippen molar-refractivity contribution < 1.29 is 47.5 Å². The van der Waals surface area contributed by atoms with Crippen LogP contribution in [0.5, 0.6) is 0 Å². The van der Waals surface area contributed by atoms with E-state index in [0.717, 1.165) is 50.5 Å². The number of nitrogens with one attached hydrogen (secondary N) is 1. The zero-order chi connectivity index (χ0) is 38.0. The molecule has 0 bridgehead atoms. The lowest BCUT2D eigenvalue weighted by Gasteiger charge is -2.44. The summed E-state index contributed by atoms with van der Waals surface area (Å²) in [5.74, 6) is 0.00753. The highest BCUT2D eigenvalue weighted by Crippen LogP contribution is 2.56. The Bertz CT molecular complexity index is 1320. The Morgan fingerprint density at radius 3 is 2.30 bits per heavy atom. The number of esters is 1. The molecule has 0 aromatic heterocycles. The van der Waals surface area contributed by atoms with E-state index in [-0.39, 0.29) is 103 Å². The van der Waals surface area contributed by atoms with Gasteiger partial charge in [-0.15, -0.1) is 0 Å². The molecule has 0 amide bonds. The number of allylic oxidation sites excluding steroid dienone is 4. The normalized spacial score (nSPS) is 45.2. The zero-order valence-corrected chi connectivity index (χ0v) is 33.6. The second-order valence-corrected chi connectivity index (χ2v) is 16.5. The molecule has 17 atom stereocenters. The van der Waals surface area contributed by atoms with Gasteiger partial charge in [-0.3, -0.25) is 9.59 Å². The summed E-state index contributed by atoms with van der Waals surface area (Å²) in [6, 6.07) is 0.286. The minimum atomic E-state index is -0.596. The fourth-order valence-electron chi connectivity index (χ4n) is 10.6. The van der Waals surface area contributed by atoms with E-state index in [0.29, 0.717) is 18.9 Å². The summed E-state index contributed by atoms with van der Waals surface area (Å²) < 4.78 is 50.1. The van der Waals surface area contributed by atoms with Gasteiger partial charge < -0.3 is 43.2 Å². The first-order valence-corrected chi connectivity index (χ1v) is 20.6. The fourth-order valence-corrected chi connectivity index (χ4v) is 10.6. The number of Topliss-reactive ketones (excluding diaryl/α,β-unsaturated/α-hetero) is 1. The van der Waals surface area contributed by atoms with Gasteiger partial charge in [-0.05, 0) is 115 Å². The topological polar surface area (TPSA) is 120 Å². The molecule has 1 saturated carbocycles. The molecular formula is C42H67NO10. The predicted octanol–water partition coefficient (Wildman–Crippen LogP) is 5.93. The molecule has 0 spiro atoms. The SMILES string of the molecule is CCO[C@@H]1[C@@H](OC)[C@H](C)OC(O[C@H]2C[C@H]3[C@@H]4C=C5C(=O)[C@H](C)[C@@H](O[C@H]6CC[C@H](NC)[C@@H](C)O6)CCC[C@H](CC)OC(=O)C[C@H]5[C@@H]4C=C(C)[C@@H]3C2)[C@@H]1OC. The average Bonchev–Trinajstić information content (AvgIpc) is 3.72. The van der Waals surface area contributed by atoms with E-state index in [1.807, 2.05) is 27.8 Å². The van der Waals surface area contributed by atoms with Gasteiger partial charge in [0.05, 0.1) is 30.8 Å². The minimum Gasteiger partial charge on any atom is -0.462 e. The molecule has 3 saturated heterocycles. The van der Waals surface area contributed by atoms with Gasteiger partial charge in [0.25, 0.3) is 0 Å². The van der Waals surface area contributed by atoms with Crippen molar-refractivity contribution in [2.75, 3.05) is 27.9 Å². The summed E-state index contributed by atoms with van der Waals surface area (Å²) in [6.45, 7) is 12.9. The van der Waals surface area contributed by atoms with E-state index >= 15 is 0 Å². The number of methoxy groups -OCH3 is 2. The molecule has 3 aliphatic carbocycles. The van der Waals surface area contributed by atoms with Crippen LogP contribution in [0.4, 0.5) is 0 Å². The lowest BCUT2D eigenvalue weighted by Crippen LogP contribution is -2.60. The molecular weight excluding hydrogens is 678 g/mol. The van der Waals surface area contributed by atoms with Gasteiger partial charge in [0, 0.05) is 38.7 Å². The first-order valence-electron chi connectivity index (χ1n) is 20.6. The van der Waals surface area contributed by atoms with Crippen molar-refractivity contribution in [2.45, 2.75) is 167 Å². The second-order valence-electron chi connectivity index (χ2n) is 16.5. The van der Waals surface area contributed by atoms with Crippen molar-refractivity contribution in [3.8, 4) is 0 Å². The van der Waals surface area contributed by atoms with Gasteiger partial charge in [0.1, 0.15) is 24.4 Å². The Balaban J connectivity index is 1.23. The van der Waals surface area contributed by atoms with Crippen molar-refractivity contribution >= 4 is 11.8 Å². The summed E-state index contributed by atoms with van der Waals surface area (Å²) in [4.78, 5) is 28.3. The number of carbonyl (C=O) groups excluding carboxylic acids is 2. The highest BCUT2D eigenvalue weighted by atomic mass is 16.7. The molecule has 0 aromatic rings. The molecule has 1 unspecified atom stereocenters. The minimum absolute atomic E-state index is 0.0222. The van der Waals surface area contributed by atoms with Crippen molar-refractivity contribution in [3.63, 3.8) is 0 Å². The number of likely N-dealkylation sites (N-methyl/N-ethyl adjacent to an activating group) is 1. The maximum absolute atomic E-state index is 14.7. The van der Waals surface area contributed by atoms with Gasteiger partial charge in [0.2, 0.25) is 0 Å². The predicted molar refractivity (Wildman–Crippen MR) is 199 cm³/mol. The number of rotatable bonds is 10. The van der Waals surface area contributed by atoms with Crippen LogP contribution in [0.25, 0.3) is 0 Å². The maximum Gasteiger partial charge on any atom is 0.306 e. The Morgan fingerprint density at radius 1 is 0.849 bits per heavy atom. The van der Waals surface area contributed by atoms with E-state index in [1.165, 1.54) is 5.57 Å². The second kappa shape index (κ2) is 18.0. The Hall–Kier alpha value is -1.70. The molecule has 0 aromatic carbocycles. The van der Waals surface area contributed by atoms with Gasteiger partial charge in [-0.2, -0.15) is 0 Å². The summed E-state index contributed by atoms with van der Waals surface area (Å²) in [5, 5.41) is 3.35. The number of hydrogen-bond donors (Lipinski definition) is 1. The van der Waals surface area contributed by atoms with E-state index in [4.69, 9.17) is 37.9 Å². The molecule has 3 heterocycles. The largest absolute Gasteiger partial charge is 0.462 e. The smallest absolute Gasteiger partial charge is 0.306 e. The standard InChI is InChI=1S/C42H67NO10/c1-10-26-13-12-14-35(53-37-16-15-34(43-7)24(5)49-37)23(4)38(45)33-20-31-29(32(33)21-36(44)51-26)17-22(3)28-18-27(19-30(28)31)52-42-41(47-9)40(48-11-2)39(46-8)25(6)50-42/h17,20,23-32,34-35,37,39-43H,10-16,18-19,21H2,1-9H3/t23-,24-,25+,26+,27-,28+,29-,30-,31-,32+,34+,35+,37+,39+,40-,41-,42?/m1/s1. The summed E-state index contributed by atoms with van der Waals surface area (Å²) in [6.07, 6.45) is 8.55. The third-order valence-corrected chi connectivity index (χ3v) is 13.5. The Morgan fingerprint density at radius 2 is 1.62 bits per heavy atom. The van der Waals surface area contributed by atoms with Crippen molar-refractivity contribution in [3.05, 3.63) is 23.3 Å². The van der Waals surface area contributed by atoms with Crippen molar-refractivity contribution in [1.29, 1.82) is 0 Å². The molecule has 300 valence electrons. The molecule has 4 fully saturated rings. The van der Waals surface area contributed by atoms with Crippen LogP contribution in [0, 0.1) is 35.5 Å². The van der Waals surface area contributed by atoms with Gasteiger partial charge in [-0.1, -0.05) is 31.6 Å². The van der Waals surface area contributed by atoms with Crippen LogP contribution in [0.15, 0.2) is 23.3 Å². The molecule has 3 aliphatic heterocycles. The zero-order valence-electron chi connectivity index (χ0n) is 33.6. The summed E-state index contributed by atoms with van der Waals surface area (Å²) in [5.41, 5.74) is 2.07. The highest BCUT2D eigenvalue weighted by molar-refractivity contribution is 5.99. The number of hydrogen-bond acceptors (Lipinski definition) is 11. The molecule has 1 N–H and O–H groups in total. The molecule has 11 heteroatoms. The number of carbonyl (C=O) groups is 2. The van der Waals surface area contributed by atoms with Gasteiger partial charge in [0.15, 0.2) is 18.4 Å². The summed E-state index contributed by atoms with van der Waals surface area (Å²) in [7, 11) is 5.31. The highest BCUT2D eigenvalue weighted by Gasteiger charge is 2.54. The lowest BCUT2D eigenvalue weighted by molar-refractivity contribution is -0.317. The molecule has 53 heavy (non-hydrogen) atoms. The monoisotopic (exact) mass is 745 g/mol. The van der Waals surface area contributed by atoms with Crippen LogP contribution in [-0.4, -0.2) is 107 Å². The molecule has 6 aliphatic rings.